The van der Waals surface area contributed by atoms with Gasteiger partial charge in [0.05, 0.1) is 25.9 Å². The van der Waals surface area contributed by atoms with Gasteiger partial charge in [-0.05, 0) is 62.9 Å². The number of aliphatic hydroxyl groups excluding tert-OH is 1. The second-order valence-corrected chi connectivity index (χ2v) is 8.63. The molecule has 1 fully saturated rings. The number of amidine groups is 1. The Balaban J connectivity index is 1.87. The van der Waals surface area contributed by atoms with Gasteiger partial charge in [-0.15, -0.1) is 0 Å². The van der Waals surface area contributed by atoms with Crippen molar-refractivity contribution in [1.29, 1.82) is 5.41 Å². The Kier molecular flexibility index (Phi) is 9.01. The predicted molar refractivity (Wildman–Crippen MR) is 133 cm³/mol. The van der Waals surface area contributed by atoms with Crippen molar-refractivity contribution in [2.24, 2.45) is 11.7 Å². The van der Waals surface area contributed by atoms with Crippen LogP contribution >= 0.6 is 0 Å². The molecule has 0 amide bonds. The van der Waals surface area contributed by atoms with E-state index in [0.29, 0.717) is 42.9 Å². The maximum Gasteiger partial charge on any atom is 0.200 e. The molecule has 1 aliphatic rings. The van der Waals surface area contributed by atoms with Crippen molar-refractivity contribution in [2.75, 3.05) is 25.1 Å². The van der Waals surface area contributed by atoms with Gasteiger partial charge in [0.25, 0.3) is 0 Å². The molecule has 0 saturated carbocycles. The van der Waals surface area contributed by atoms with Crippen LogP contribution in [-0.2, 0) is 11.3 Å². The van der Waals surface area contributed by atoms with Gasteiger partial charge in [0.2, 0.25) is 0 Å². The van der Waals surface area contributed by atoms with Crippen LogP contribution in [0.25, 0.3) is 0 Å². The van der Waals surface area contributed by atoms with E-state index >= 15 is 0 Å². The fourth-order valence-electron chi connectivity index (χ4n) is 4.18. The zero-order valence-corrected chi connectivity index (χ0v) is 20.5. The molecule has 0 aliphatic carbocycles. The highest BCUT2D eigenvalue weighted by Gasteiger charge is 2.29. The minimum Gasteiger partial charge on any atom is -0.490 e. The van der Waals surface area contributed by atoms with Crippen molar-refractivity contribution >= 4 is 11.5 Å². The van der Waals surface area contributed by atoms with E-state index in [9.17, 15) is 5.11 Å². The first kappa shape index (κ1) is 25.6. The molecule has 2 aromatic rings. The molecule has 0 aromatic heterocycles. The number of nitrogens with two attached hydrogens (primary N) is 1. The van der Waals surface area contributed by atoms with Crippen molar-refractivity contribution in [3.63, 3.8) is 0 Å². The lowest BCUT2D eigenvalue weighted by Crippen LogP contribution is -2.37. The van der Waals surface area contributed by atoms with Gasteiger partial charge < -0.3 is 35.1 Å². The summed E-state index contributed by atoms with van der Waals surface area (Å²) < 4.78 is 23.9. The standard InChI is InChI=1S/C26H37N3O5/c1-5-31-23-12-18(14-29-19-7-8-21(26(27)28)17(4)11-19)22(13-24(23)32-6-2)34-25-10-16(3)9-20(15-30)33-25/h7-8,11-13,16,20,25,29-30H,5-6,9-10,14-15H2,1-4H3,(H3,27,28). The molecule has 8 nitrogen and oxygen atoms in total. The van der Waals surface area contributed by atoms with E-state index in [1.807, 2.05) is 51.1 Å². The van der Waals surface area contributed by atoms with E-state index in [1.165, 1.54) is 0 Å². The van der Waals surface area contributed by atoms with Gasteiger partial charge in [0, 0.05) is 35.8 Å². The molecule has 8 heteroatoms. The smallest absolute Gasteiger partial charge is 0.200 e. The molecule has 0 radical (unpaired) electrons. The lowest BCUT2D eigenvalue weighted by Gasteiger charge is -2.33. The first-order valence-corrected chi connectivity index (χ1v) is 11.9. The Morgan fingerprint density at radius 3 is 2.44 bits per heavy atom. The van der Waals surface area contributed by atoms with Crippen LogP contribution in [0, 0.1) is 18.3 Å². The number of rotatable bonds is 11. The Morgan fingerprint density at radius 2 is 1.82 bits per heavy atom. The molecule has 1 heterocycles. The third-order valence-electron chi connectivity index (χ3n) is 5.79. The summed E-state index contributed by atoms with van der Waals surface area (Å²) in [6.45, 7) is 9.40. The molecule has 2 aromatic carbocycles. The molecule has 0 bridgehead atoms. The number of hydrogen-bond donors (Lipinski definition) is 4. The highest BCUT2D eigenvalue weighted by atomic mass is 16.7. The fourth-order valence-corrected chi connectivity index (χ4v) is 4.18. The van der Waals surface area contributed by atoms with Gasteiger partial charge in [-0.3, -0.25) is 5.41 Å². The summed E-state index contributed by atoms with van der Waals surface area (Å²) in [6, 6.07) is 9.50. The number of nitrogens with one attached hydrogen (secondary N) is 2. The van der Waals surface area contributed by atoms with E-state index in [-0.39, 0.29) is 18.5 Å². The maximum absolute atomic E-state index is 9.60. The van der Waals surface area contributed by atoms with E-state index in [1.54, 1.807) is 0 Å². The number of aryl methyl sites for hydroxylation is 1. The van der Waals surface area contributed by atoms with Gasteiger partial charge in [-0.2, -0.15) is 0 Å². The van der Waals surface area contributed by atoms with Crippen molar-refractivity contribution in [1.82, 2.24) is 0 Å². The number of nitrogen functional groups attached to an aromatic ring is 1. The SMILES string of the molecule is CCOc1cc(CNc2ccc(C(=N)N)c(C)c2)c(OC2CC(C)CC(CO)O2)cc1OCC. The van der Waals surface area contributed by atoms with Crippen LogP contribution in [0.2, 0.25) is 0 Å². The Bertz CT molecular complexity index is 981. The number of benzene rings is 2. The predicted octanol–water partition coefficient (Wildman–Crippen LogP) is 4.20. The number of ether oxygens (including phenoxy) is 4. The second kappa shape index (κ2) is 11.9. The molecular weight excluding hydrogens is 434 g/mol. The average molecular weight is 472 g/mol. The van der Waals surface area contributed by atoms with E-state index < -0.39 is 6.29 Å². The number of anilines is 1. The Morgan fingerprint density at radius 1 is 1.12 bits per heavy atom. The zero-order chi connectivity index (χ0) is 24.7. The summed E-state index contributed by atoms with van der Waals surface area (Å²) in [5, 5.41) is 20.7. The van der Waals surface area contributed by atoms with Crippen LogP contribution in [0.3, 0.4) is 0 Å². The normalized spacial score (nSPS) is 20.0. The van der Waals surface area contributed by atoms with Gasteiger partial charge in [-0.1, -0.05) is 6.92 Å². The van der Waals surface area contributed by atoms with Crippen LogP contribution in [0.4, 0.5) is 5.69 Å². The topological polar surface area (TPSA) is 119 Å². The summed E-state index contributed by atoms with van der Waals surface area (Å²) in [5.74, 6) is 2.35. The van der Waals surface area contributed by atoms with E-state index in [0.717, 1.165) is 35.2 Å². The highest BCUT2D eigenvalue weighted by Crippen LogP contribution is 2.37. The summed E-state index contributed by atoms with van der Waals surface area (Å²) >= 11 is 0. The summed E-state index contributed by atoms with van der Waals surface area (Å²) in [5.41, 5.74) is 9.09. The lowest BCUT2D eigenvalue weighted by atomic mass is 9.97. The molecule has 1 saturated heterocycles. The maximum atomic E-state index is 9.60. The summed E-state index contributed by atoms with van der Waals surface area (Å²) in [7, 11) is 0. The number of hydrogen-bond acceptors (Lipinski definition) is 7. The largest absolute Gasteiger partial charge is 0.490 e. The lowest BCUT2D eigenvalue weighted by molar-refractivity contribution is -0.170. The van der Waals surface area contributed by atoms with Crippen LogP contribution in [0.5, 0.6) is 17.2 Å². The molecule has 3 unspecified atom stereocenters. The summed E-state index contributed by atoms with van der Waals surface area (Å²) in [6.07, 6.45) is 0.872. The molecule has 1 aliphatic heterocycles. The average Bonchev–Trinajstić information content (AvgIpc) is 2.79. The quantitative estimate of drug-likeness (QED) is 0.286. The zero-order valence-electron chi connectivity index (χ0n) is 20.5. The molecule has 3 rings (SSSR count). The molecule has 3 atom stereocenters. The van der Waals surface area contributed by atoms with Crippen molar-refractivity contribution < 1.29 is 24.1 Å². The van der Waals surface area contributed by atoms with Gasteiger partial charge in [-0.25, -0.2) is 0 Å². The third-order valence-corrected chi connectivity index (χ3v) is 5.79. The molecule has 186 valence electrons. The van der Waals surface area contributed by atoms with Crippen LogP contribution in [-0.4, -0.2) is 43.2 Å². The van der Waals surface area contributed by atoms with Crippen LogP contribution in [0.1, 0.15) is 50.3 Å². The molecule has 5 N–H and O–H groups in total. The highest BCUT2D eigenvalue weighted by molar-refractivity contribution is 5.96. The van der Waals surface area contributed by atoms with Gasteiger partial charge in [0.15, 0.2) is 17.8 Å². The molecule has 34 heavy (non-hydrogen) atoms. The molecule has 0 spiro atoms. The summed E-state index contributed by atoms with van der Waals surface area (Å²) in [4.78, 5) is 0. The van der Waals surface area contributed by atoms with E-state index in [2.05, 4.69) is 12.2 Å². The Hall–Kier alpha value is -2.97. The first-order valence-electron chi connectivity index (χ1n) is 11.9. The van der Waals surface area contributed by atoms with Gasteiger partial charge >= 0.3 is 0 Å². The molecular formula is C26H37N3O5. The van der Waals surface area contributed by atoms with Crippen LogP contribution < -0.4 is 25.3 Å². The van der Waals surface area contributed by atoms with Gasteiger partial charge in [0.1, 0.15) is 11.6 Å². The third kappa shape index (κ3) is 6.55. The monoisotopic (exact) mass is 471 g/mol. The first-order chi connectivity index (χ1) is 16.3. The van der Waals surface area contributed by atoms with Crippen molar-refractivity contribution in [3.8, 4) is 17.2 Å². The van der Waals surface area contributed by atoms with Crippen LogP contribution in [0.15, 0.2) is 30.3 Å². The minimum atomic E-state index is -0.454. The second-order valence-electron chi connectivity index (χ2n) is 8.63. The van der Waals surface area contributed by atoms with E-state index in [4.69, 9.17) is 30.1 Å². The fraction of sp³-hybridized carbons (Fsp3) is 0.500. The number of aliphatic hydroxyl groups is 1. The van der Waals surface area contributed by atoms with Crippen molar-refractivity contribution in [3.05, 3.63) is 47.0 Å². The van der Waals surface area contributed by atoms with Crippen molar-refractivity contribution in [2.45, 2.75) is 59.5 Å². The Labute approximate surface area is 201 Å². The minimum absolute atomic E-state index is 0.0261.